The van der Waals surface area contributed by atoms with Gasteiger partial charge in [0.1, 0.15) is 0 Å². The van der Waals surface area contributed by atoms with E-state index in [9.17, 15) is 0 Å². The van der Waals surface area contributed by atoms with Gasteiger partial charge in [0.2, 0.25) is 0 Å². The molecule has 8 heteroatoms. The number of hydrogen-bond donors (Lipinski definition) is 0. The monoisotopic (exact) mass is 404 g/mol. The molecule has 0 rings (SSSR count). The van der Waals surface area contributed by atoms with Crippen LogP contribution in [0.3, 0.4) is 0 Å². The topological polar surface area (TPSA) is 143 Å². The Balaban J connectivity index is -0.0000000270. The van der Waals surface area contributed by atoms with Crippen LogP contribution >= 0.6 is 0 Å². The summed E-state index contributed by atoms with van der Waals surface area (Å²) in [5.41, 5.74) is 37.6. The van der Waals surface area contributed by atoms with Crippen LogP contribution in [0, 0.1) is 0 Å². The Morgan fingerprint density at radius 3 is 0.500 bits per heavy atom. The second-order valence-electron chi connectivity index (χ2n) is 1.50. The van der Waals surface area contributed by atoms with Crippen molar-refractivity contribution in [2.75, 3.05) is 39.3 Å². The minimum absolute atomic E-state index is 0. The molecule has 0 aliphatic carbocycles. The zero-order chi connectivity index (χ0) is 10.2. The average Bonchev–Trinajstić information content (AvgIpc) is 2.18. The first-order valence-electron chi connectivity index (χ1n) is 3.62. The van der Waals surface area contributed by atoms with Crippen molar-refractivity contribution in [3.63, 3.8) is 0 Å². The van der Waals surface area contributed by atoms with Crippen LogP contribution in [0.5, 0.6) is 0 Å². The predicted octanol–water partition coefficient (Wildman–Crippen LogP) is 0.274. The zero-order valence-electron chi connectivity index (χ0n) is 7.94. The average molecular weight is 405 g/mol. The van der Waals surface area contributed by atoms with E-state index in [2.05, 4.69) is 0 Å². The van der Waals surface area contributed by atoms with Crippen molar-refractivity contribution in [3.05, 3.63) is 34.4 Å². The molecule has 0 aromatic rings. The molecule has 0 fully saturated rings. The molecular formula is C6H18ClN6Pt-7. The van der Waals surface area contributed by atoms with Gasteiger partial charge >= 0.3 is 0 Å². The van der Waals surface area contributed by atoms with Crippen molar-refractivity contribution in [1.29, 1.82) is 0 Å². The minimum atomic E-state index is 0. The second kappa shape index (κ2) is 49.1. The molecule has 0 aliphatic heterocycles. The van der Waals surface area contributed by atoms with Gasteiger partial charge in [-0.15, -0.1) is 0 Å². The molecule has 0 heterocycles. The molecule has 6 nitrogen and oxygen atoms in total. The summed E-state index contributed by atoms with van der Waals surface area (Å²) in [5, 5.41) is 0. The summed E-state index contributed by atoms with van der Waals surface area (Å²) in [6.07, 6.45) is 0. The Kier molecular flexibility index (Phi) is 103. The summed E-state index contributed by atoms with van der Waals surface area (Å²) in [7, 11) is 0. The fourth-order valence-corrected chi connectivity index (χ4v) is 0. The van der Waals surface area contributed by atoms with E-state index in [1.807, 2.05) is 0 Å². The fraction of sp³-hybridized carbons (Fsp3) is 1.00. The maximum Gasteiger partial charge on any atom is 0 e. The molecule has 0 aromatic carbocycles. The van der Waals surface area contributed by atoms with E-state index in [4.69, 9.17) is 34.4 Å². The first-order chi connectivity index (χ1) is 5.74. The molecule has 0 saturated carbocycles. The van der Waals surface area contributed by atoms with Gasteiger partial charge in [-0.3, -0.25) is 0 Å². The summed E-state index contributed by atoms with van der Waals surface area (Å²) in [4.78, 5) is 0. The fourth-order valence-electron chi connectivity index (χ4n) is 0. The van der Waals surface area contributed by atoms with E-state index in [1.165, 1.54) is 0 Å². The van der Waals surface area contributed by atoms with E-state index >= 15 is 0 Å². The molecule has 0 unspecified atom stereocenters. The summed E-state index contributed by atoms with van der Waals surface area (Å²) in [6, 6.07) is 0. The van der Waals surface area contributed by atoms with Gasteiger partial charge in [-0.05, 0) is 0 Å². The smallest absolute Gasteiger partial charge is 0 e. The van der Waals surface area contributed by atoms with Crippen LogP contribution in [-0.2, 0) is 21.1 Å². The molecule has 0 aromatic heterocycles. The predicted molar refractivity (Wildman–Crippen MR) is 55.1 cm³/mol. The number of halogens is 1. The van der Waals surface area contributed by atoms with Crippen LogP contribution in [0.15, 0.2) is 0 Å². The van der Waals surface area contributed by atoms with Gasteiger partial charge in [0, 0.05) is 21.1 Å². The molecule has 0 spiro atoms. The van der Waals surface area contributed by atoms with Crippen LogP contribution in [0.4, 0.5) is 0 Å². The van der Waals surface area contributed by atoms with Gasteiger partial charge in [-0.1, -0.05) is 0 Å². The van der Waals surface area contributed by atoms with Crippen molar-refractivity contribution in [1.82, 2.24) is 0 Å². The van der Waals surface area contributed by atoms with Crippen LogP contribution < -0.4 is 12.4 Å². The van der Waals surface area contributed by atoms with Crippen LogP contribution in [-0.4, -0.2) is 39.3 Å². The molecular weight excluding hydrogens is 387 g/mol. The van der Waals surface area contributed by atoms with E-state index in [-0.39, 0.29) is 72.7 Å². The number of hydrogen-bond acceptors (Lipinski definition) is 0. The maximum absolute atomic E-state index is 6.26. The van der Waals surface area contributed by atoms with Crippen molar-refractivity contribution in [2.24, 2.45) is 0 Å². The SMILES string of the molecule is [Cl-].[NH-]CC[NH-].[NH-]CC[NH-].[NH-]CC[NH-].[Pt]. The molecule has 0 amide bonds. The van der Waals surface area contributed by atoms with Gasteiger partial charge in [-0.2, -0.15) is 39.3 Å². The van der Waals surface area contributed by atoms with Gasteiger partial charge < -0.3 is 46.8 Å². The maximum atomic E-state index is 6.26. The summed E-state index contributed by atoms with van der Waals surface area (Å²) in [6.45, 7) is 1.42. The largest absolute Gasteiger partial charge is 1.00 e. The number of nitrogens with one attached hydrogen (secondary N) is 6. The minimum Gasteiger partial charge on any atom is -1.00 e. The molecule has 0 saturated heterocycles. The van der Waals surface area contributed by atoms with Crippen molar-refractivity contribution in [2.45, 2.75) is 0 Å². The quantitative estimate of drug-likeness (QED) is 0.636. The normalized spacial score (nSPS) is 6.43. The first kappa shape index (κ1) is 29.3. The Labute approximate surface area is 107 Å². The molecule has 0 radical (unpaired) electrons. The zero-order valence-corrected chi connectivity index (χ0v) is 11.0. The Bertz CT molecular complexity index is 37.8. The van der Waals surface area contributed by atoms with E-state index in [0.717, 1.165) is 0 Å². The Morgan fingerprint density at radius 1 is 0.429 bits per heavy atom. The molecule has 6 N–H and O–H groups in total. The van der Waals surface area contributed by atoms with Gasteiger partial charge in [0.15, 0.2) is 0 Å². The summed E-state index contributed by atoms with van der Waals surface area (Å²) < 4.78 is 0. The third-order valence-corrected chi connectivity index (χ3v) is 0.375. The molecule has 0 aliphatic rings. The number of rotatable bonds is 3. The standard InChI is InChI=1S/3C2H6N2.ClH.Pt/c3*3-1-2-4;;/h3*3-4H,1-2H2;1H;/q3*-2;;/p-1. The Morgan fingerprint density at radius 2 is 0.500 bits per heavy atom. The van der Waals surface area contributed by atoms with E-state index in [1.54, 1.807) is 0 Å². The summed E-state index contributed by atoms with van der Waals surface area (Å²) in [5.74, 6) is 0. The van der Waals surface area contributed by atoms with Crippen LogP contribution in [0.1, 0.15) is 0 Å². The van der Waals surface area contributed by atoms with Crippen LogP contribution in [0.25, 0.3) is 34.4 Å². The third-order valence-electron chi connectivity index (χ3n) is 0.375. The molecule has 0 atom stereocenters. The second-order valence-corrected chi connectivity index (χ2v) is 1.50. The van der Waals surface area contributed by atoms with Crippen molar-refractivity contribution >= 4 is 0 Å². The van der Waals surface area contributed by atoms with Gasteiger partial charge in [0.05, 0.1) is 0 Å². The van der Waals surface area contributed by atoms with E-state index in [0.29, 0.717) is 0 Å². The van der Waals surface area contributed by atoms with Crippen LogP contribution in [0.2, 0.25) is 0 Å². The summed E-state index contributed by atoms with van der Waals surface area (Å²) >= 11 is 0. The van der Waals surface area contributed by atoms with Gasteiger partial charge in [-0.25, -0.2) is 0 Å². The molecule has 0 bridgehead atoms. The molecule has 96 valence electrons. The first-order valence-corrected chi connectivity index (χ1v) is 3.62. The van der Waals surface area contributed by atoms with Crippen molar-refractivity contribution in [3.8, 4) is 0 Å². The third kappa shape index (κ3) is 126. The van der Waals surface area contributed by atoms with E-state index < -0.39 is 0 Å². The Hall–Kier alpha value is 0.738. The van der Waals surface area contributed by atoms with Crippen molar-refractivity contribution < 1.29 is 33.5 Å². The van der Waals surface area contributed by atoms with Gasteiger partial charge in [0.25, 0.3) is 0 Å². The molecule has 14 heavy (non-hydrogen) atoms.